The Labute approximate surface area is 84.1 Å². The van der Waals surface area contributed by atoms with Crippen LogP contribution in [-0.2, 0) is 0 Å². The molecular weight excluding hydrogens is 156 g/mol. The normalized spacial score (nSPS) is 34.4. The third-order valence-corrected chi connectivity index (χ3v) is 3.86. The molecule has 0 aliphatic heterocycles. The first-order valence-electron chi connectivity index (χ1n) is 6.15. The predicted octanol–water partition coefficient (Wildman–Crippen LogP) is 4.49. The van der Waals surface area contributed by atoms with Gasteiger partial charge in [-0.05, 0) is 36.5 Å². The molecule has 0 aromatic carbocycles. The lowest BCUT2D eigenvalue weighted by molar-refractivity contribution is 0.311. The molecule has 1 aliphatic carbocycles. The van der Waals surface area contributed by atoms with E-state index in [0.717, 1.165) is 23.7 Å². The molecule has 0 heteroatoms. The molecule has 1 rings (SSSR count). The van der Waals surface area contributed by atoms with Gasteiger partial charge in [0.1, 0.15) is 0 Å². The first-order valence-corrected chi connectivity index (χ1v) is 6.15. The number of hydrogen-bond acceptors (Lipinski definition) is 0. The first-order chi connectivity index (χ1) is 6.15. The molecule has 0 heterocycles. The lowest BCUT2D eigenvalue weighted by atomic mass is 9.87. The van der Waals surface area contributed by atoms with Crippen molar-refractivity contribution in [1.82, 2.24) is 0 Å². The zero-order valence-corrected chi connectivity index (χ0v) is 9.84. The number of hydrogen-bond donors (Lipinski definition) is 0. The third-order valence-electron chi connectivity index (χ3n) is 3.86. The zero-order valence-electron chi connectivity index (χ0n) is 9.84. The van der Waals surface area contributed by atoms with E-state index in [1.165, 1.54) is 32.1 Å². The number of rotatable bonds is 4. The minimum absolute atomic E-state index is 0.904. The highest BCUT2D eigenvalue weighted by molar-refractivity contribution is 4.82. The van der Waals surface area contributed by atoms with Crippen LogP contribution in [0.2, 0.25) is 0 Å². The molecule has 0 aromatic heterocycles. The second-order valence-corrected chi connectivity index (χ2v) is 5.36. The summed E-state index contributed by atoms with van der Waals surface area (Å²) in [6.07, 6.45) is 7.32. The average molecular weight is 182 g/mol. The van der Waals surface area contributed by atoms with Gasteiger partial charge >= 0.3 is 0 Å². The molecule has 1 aliphatic rings. The lowest BCUT2D eigenvalue weighted by Crippen LogP contribution is -2.10. The van der Waals surface area contributed by atoms with Crippen LogP contribution in [0.1, 0.15) is 59.8 Å². The predicted molar refractivity (Wildman–Crippen MR) is 59.7 cm³/mol. The Morgan fingerprint density at radius 1 is 1.23 bits per heavy atom. The van der Waals surface area contributed by atoms with Crippen LogP contribution in [0.3, 0.4) is 0 Å². The van der Waals surface area contributed by atoms with Crippen molar-refractivity contribution >= 4 is 0 Å². The summed E-state index contributed by atoms with van der Waals surface area (Å²) in [5, 5.41) is 0. The fourth-order valence-electron chi connectivity index (χ4n) is 3.07. The monoisotopic (exact) mass is 182 g/mol. The largest absolute Gasteiger partial charge is 0.0654 e. The molecule has 1 saturated carbocycles. The summed E-state index contributed by atoms with van der Waals surface area (Å²) in [5.41, 5.74) is 0. The van der Waals surface area contributed by atoms with Gasteiger partial charge in [0.15, 0.2) is 0 Å². The lowest BCUT2D eigenvalue weighted by Gasteiger charge is -2.18. The summed E-state index contributed by atoms with van der Waals surface area (Å²) in [4.78, 5) is 0. The van der Waals surface area contributed by atoms with E-state index in [-0.39, 0.29) is 0 Å². The molecule has 0 spiro atoms. The average Bonchev–Trinajstić information content (AvgIpc) is 2.43. The molecule has 3 unspecified atom stereocenters. The second-order valence-electron chi connectivity index (χ2n) is 5.36. The van der Waals surface area contributed by atoms with Gasteiger partial charge in [-0.25, -0.2) is 0 Å². The van der Waals surface area contributed by atoms with Gasteiger partial charge in [-0.3, -0.25) is 0 Å². The summed E-state index contributed by atoms with van der Waals surface area (Å²) in [6.45, 7) is 9.54. The SMILES string of the molecule is CCCCC1CC(C)C(C(C)C)C1. The van der Waals surface area contributed by atoms with Crippen LogP contribution >= 0.6 is 0 Å². The van der Waals surface area contributed by atoms with Crippen LogP contribution in [0.5, 0.6) is 0 Å². The van der Waals surface area contributed by atoms with E-state index in [1.807, 2.05) is 0 Å². The molecule has 0 amide bonds. The van der Waals surface area contributed by atoms with Gasteiger partial charge < -0.3 is 0 Å². The van der Waals surface area contributed by atoms with Crippen LogP contribution in [0.4, 0.5) is 0 Å². The van der Waals surface area contributed by atoms with Crippen molar-refractivity contribution in [3.05, 3.63) is 0 Å². The Morgan fingerprint density at radius 3 is 2.38 bits per heavy atom. The van der Waals surface area contributed by atoms with Crippen LogP contribution in [0.15, 0.2) is 0 Å². The highest BCUT2D eigenvalue weighted by atomic mass is 14.4. The third kappa shape index (κ3) is 3.00. The van der Waals surface area contributed by atoms with Crippen molar-refractivity contribution in [2.45, 2.75) is 59.8 Å². The summed E-state index contributed by atoms with van der Waals surface area (Å²) in [5.74, 6) is 3.97. The van der Waals surface area contributed by atoms with Gasteiger partial charge in [-0.15, -0.1) is 0 Å². The van der Waals surface area contributed by atoms with Crippen molar-refractivity contribution in [3.8, 4) is 0 Å². The molecule has 0 saturated heterocycles. The van der Waals surface area contributed by atoms with Crippen molar-refractivity contribution < 1.29 is 0 Å². The summed E-state index contributed by atoms with van der Waals surface area (Å²) < 4.78 is 0. The molecule has 3 atom stereocenters. The van der Waals surface area contributed by atoms with Crippen molar-refractivity contribution in [1.29, 1.82) is 0 Å². The molecule has 78 valence electrons. The molecule has 0 bridgehead atoms. The topological polar surface area (TPSA) is 0 Å². The second kappa shape index (κ2) is 5.02. The van der Waals surface area contributed by atoms with Crippen LogP contribution in [-0.4, -0.2) is 0 Å². The maximum Gasteiger partial charge on any atom is -0.0363 e. The standard InChI is InChI=1S/C13H26/c1-5-6-7-12-8-11(4)13(9-12)10(2)3/h10-13H,5-9H2,1-4H3. The highest BCUT2D eigenvalue weighted by Crippen LogP contribution is 2.42. The summed E-state index contributed by atoms with van der Waals surface area (Å²) in [7, 11) is 0. The Bertz CT molecular complexity index is 137. The summed E-state index contributed by atoms with van der Waals surface area (Å²) >= 11 is 0. The Kier molecular flexibility index (Phi) is 4.28. The van der Waals surface area contributed by atoms with Gasteiger partial charge in [0.05, 0.1) is 0 Å². The van der Waals surface area contributed by atoms with Gasteiger partial charge in [-0.1, -0.05) is 47.0 Å². The van der Waals surface area contributed by atoms with Gasteiger partial charge in [0, 0.05) is 0 Å². The zero-order chi connectivity index (χ0) is 9.84. The Balaban J connectivity index is 2.32. The fraction of sp³-hybridized carbons (Fsp3) is 1.00. The number of unbranched alkanes of at least 4 members (excludes halogenated alkanes) is 1. The van der Waals surface area contributed by atoms with Gasteiger partial charge in [0.25, 0.3) is 0 Å². The fourth-order valence-corrected chi connectivity index (χ4v) is 3.07. The first kappa shape index (κ1) is 11.1. The molecule has 0 nitrogen and oxygen atoms in total. The molecule has 0 N–H and O–H groups in total. The maximum atomic E-state index is 2.45. The van der Waals surface area contributed by atoms with Crippen LogP contribution < -0.4 is 0 Å². The van der Waals surface area contributed by atoms with Crippen molar-refractivity contribution in [2.75, 3.05) is 0 Å². The van der Waals surface area contributed by atoms with E-state index >= 15 is 0 Å². The van der Waals surface area contributed by atoms with E-state index in [1.54, 1.807) is 0 Å². The molecular formula is C13H26. The van der Waals surface area contributed by atoms with Crippen LogP contribution in [0.25, 0.3) is 0 Å². The smallest absolute Gasteiger partial charge is 0.0363 e. The van der Waals surface area contributed by atoms with Crippen LogP contribution in [0, 0.1) is 23.7 Å². The highest BCUT2D eigenvalue weighted by Gasteiger charge is 2.32. The molecule has 0 aromatic rings. The minimum Gasteiger partial charge on any atom is -0.0654 e. The van der Waals surface area contributed by atoms with E-state index < -0.39 is 0 Å². The Hall–Kier alpha value is 0. The maximum absolute atomic E-state index is 2.45. The van der Waals surface area contributed by atoms with Gasteiger partial charge in [-0.2, -0.15) is 0 Å². The minimum atomic E-state index is 0.904. The molecule has 1 fully saturated rings. The van der Waals surface area contributed by atoms with Gasteiger partial charge in [0.2, 0.25) is 0 Å². The van der Waals surface area contributed by atoms with E-state index in [2.05, 4.69) is 27.7 Å². The Morgan fingerprint density at radius 2 is 1.92 bits per heavy atom. The van der Waals surface area contributed by atoms with Crippen molar-refractivity contribution in [3.63, 3.8) is 0 Å². The molecule has 0 radical (unpaired) electrons. The van der Waals surface area contributed by atoms with Crippen molar-refractivity contribution in [2.24, 2.45) is 23.7 Å². The summed E-state index contributed by atoms with van der Waals surface area (Å²) in [6, 6.07) is 0. The van der Waals surface area contributed by atoms with E-state index in [0.29, 0.717) is 0 Å². The quantitative estimate of drug-likeness (QED) is 0.600. The molecule has 13 heavy (non-hydrogen) atoms. The van der Waals surface area contributed by atoms with E-state index in [4.69, 9.17) is 0 Å². The van der Waals surface area contributed by atoms with E-state index in [9.17, 15) is 0 Å².